The lowest BCUT2D eigenvalue weighted by atomic mass is 10.0. The number of benzene rings is 1. The van der Waals surface area contributed by atoms with E-state index in [1.807, 2.05) is 5.32 Å². The number of nitrogens with one attached hydrogen (secondary N) is 2. The summed E-state index contributed by atoms with van der Waals surface area (Å²) in [6, 6.07) is 4.48. The normalized spacial score (nSPS) is 14.3. The predicted molar refractivity (Wildman–Crippen MR) is 84.7 cm³/mol. The number of hydrogen-bond acceptors (Lipinski definition) is 3. The zero-order valence-corrected chi connectivity index (χ0v) is 13.7. The lowest BCUT2D eigenvalue weighted by Crippen LogP contribution is -2.52. The number of anilines is 1. The molecule has 0 spiro atoms. The van der Waals surface area contributed by atoms with Gasteiger partial charge in [-0.1, -0.05) is 18.2 Å². The van der Waals surface area contributed by atoms with Crippen LogP contribution in [-0.2, 0) is 4.74 Å². The van der Waals surface area contributed by atoms with Crippen LogP contribution in [0, 0.1) is 13.8 Å². The van der Waals surface area contributed by atoms with Gasteiger partial charge in [-0.3, -0.25) is 0 Å². The number of alkyl halides is 3. The van der Waals surface area contributed by atoms with Crippen LogP contribution >= 0.6 is 0 Å². The van der Waals surface area contributed by atoms with E-state index >= 15 is 0 Å². The van der Waals surface area contributed by atoms with Crippen LogP contribution in [0.1, 0.15) is 18.1 Å². The van der Waals surface area contributed by atoms with Gasteiger partial charge in [-0.05, 0) is 38.0 Å². The van der Waals surface area contributed by atoms with E-state index in [9.17, 15) is 23.1 Å². The summed E-state index contributed by atoms with van der Waals surface area (Å²) in [5.41, 5.74) is -1.17. The Hall–Kier alpha value is -2.22. The van der Waals surface area contributed by atoms with E-state index < -0.39 is 24.4 Å². The van der Waals surface area contributed by atoms with Crippen molar-refractivity contribution in [3.05, 3.63) is 41.7 Å². The highest BCUT2D eigenvalue weighted by atomic mass is 19.4. The minimum absolute atomic E-state index is 0.158. The van der Waals surface area contributed by atoms with Gasteiger partial charge in [0.15, 0.2) is 5.60 Å². The smallest absolute Gasteiger partial charge is 0.422 e. The Labute approximate surface area is 138 Å². The predicted octanol–water partition coefficient (Wildman–Crippen LogP) is 3.27. The standard InChI is InChI=1S/C16H21F3N2O3/c1-4-24-9-8-15(23,16(17,18)19)10-20-14(22)21-13-11(2)6-5-7-12(13)3/h5-9,23H,4,10H2,1-3H3,(H2,20,21,22)/b9-8+/t15-/m1/s1. The molecule has 1 rings (SSSR count). The molecule has 5 nitrogen and oxygen atoms in total. The van der Waals surface area contributed by atoms with Gasteiger partial charge in [-0.25, -0.2) is 4.79 Å². The minimum atomic E-state index is -4.97. The van der Waals surface area contributed by atoms with E-state index in [1.54, 1.807) is 39.0 Å². The number of hydrogen-bond donors (Lipinski definition) is 3. The van der Waals surface area contributed by atoms with Crippen molar-refractivity contribution in [1.29, 1.82) is 0 Å². The quantitative estimate of drug-likeness (QED) is 0.693. The molecule has 2 amide bonds. The molecule has 0 bridgehead atoms. The first-order chi connectivity index (χ1) is 11.1. The van der Waals surface area contributed by atoms with Gasteiger partial charge in [-0.15, -0.1) is 0 Å². The van der Waals surface area contributed by atoms with Crippen molar-refractivity contribution in [2.75, 3.05) is 18.5 Å². The molecule has 134 valence electrons. The molecule has 3 N–H and O–H groups in total. The molecule has 0 aliphatic heterocycles. The Balaban J connectivity index is 2.78. The Morgan fingerprint density at radius 2 is 1.88 bits per heavy atom. The number of urea groups is 1. The second kappa shape index (κ2) is 8.05. The molecule has 0 aromatic heterocycles. The molecule has 0 heterocycles. The fraction of sp³-hybridized carbons (Fsp3) is 0.438. The van der Waals surface area contributed by atoms with Crippen LogP contribution in [0.15, 0.2) is 30.5 Å². The topological polar surface area (TPSA) is 70.6 Å². The summed E-state index contributed by atoms with van der Waals surface area (Å²) < 4.78 is 43.7. The number of carbonyl (C=O) groups is 1. The molecular formula is C16H21F3N2O3. The van der Waals surface area contributed by atoms with Crippen LogP contribution in [0.5, 0.6) is 0 Å². The monoisotopic (exact) mass is 346 g/mol. The SMILES string of the molecule is CCO/C=C/[C@@](O)(CNC(=O)Nc1c(C)cccc1C)C(F)(F)F. The summed E-state index contributed by atoms with van der Waals surface area (Å²) in [4.78, 5) is 11.9. The van der Waals surface area contributed by atoms with Gasteiger partial charge >= 0.3 is 12.2 Å². The molecule has 0 unspecified atom stereocenters. The van der Waals surface area contributed by atoms with Crippen molar-refractivity contribution >= 4 is 11.7 Å². The van der Waals surface area contributed by atoms with Gasteiger partial charge in [0.25, 0.3) is 0 Å². The highest BCUT2D eigenvalue weighted by molar-refractivity contribution is 5.91. The highest BCUT2D eigenvalue weighted by Crippen LogP contribution is 2.31. The van der Waals surface area contributed by atoms with Crippen molar-refractivity contribution in [2.45, 2.75) is 32.5 Å². The molecule has 24 heavy (non-hydrogen) atoms. The van der Waals surface area contributed by atoms with Crippen LogP contribution in [0.2, 0.25) is 0 Å². The number of aliphatic hydroxyl groups is 1. The van der Waals surface area contributed by atoms with Gasteiger partial charge in [0, 0.05) is 5.69 Å². The van der Waals surface area contributed by atoms with Gasteiger partial charge in [0.05, 0.1) is 19.4 Å². The van der Waals surface area contributed by atoms with E-state index in [2.05, 4.69) is 10.1 Å². The molecule has 0 aliphatic carbocycles. The fourth-order valence-electron chi connectivity index (χ4n) is 1.89. The Morgan fingerprint density at radius 1 is 1.29 bits per heavy atom. The third-order valence-electron chi connectivity index (χ3n) is 3.34. The number of halogens is 3. The molecule has 0 aliphatic rings. The number of carbonyl (C=O) groups excluding carboxylic acids is 1. The first-order valence-corrected chi connectivity index (χ1v) is 7.30. The van der Waals surface area contributed by atoms with Crippen LogP contribution in [0.3, 0.4) is 0 Å². The fourth-order valence-corrected chi connectivity index (χ4v) is 1.89. The molecule has 0 saturated carbocycles. The highest BCUT2D eigenvalue weighted by Gasteiger charge is 2.52. The maximum atomic E-state index is 13.0. The molecular weight excluding hydrogens is 325 g/mol. The van der Waals surface area contributed by atoms with Crippen LogP contribution in [-0.4, -0.2) is 36.1 Å². The number of amides is 2. The maximum absolute atomic E-state index is 13.0. The summed E-state index contributed by atoms with van der Waals surface area (Å²) in [5, 5.41) is 14.3. The molecule has 8 heteroatoms. The molecule has 0 radical (unpaired) electrons. The first kappa shape index (κ1) is 19.8. The van der Waals surface area contributed by atoms with E-state index in [1.165, 1.54) is 0 Å². The van der Waals surface area contributed by atoms with E-state index in [-0.39, 0.29) is 6.61 Å². The lowest BCUT2D eigenvalue weighted by molar-refractivity contribution is -0.237. The molecule has 1 atom stereocenters. The Kier molecular flexibility index (Phi) is 6.65. The molecule has 0 saturated heterocycles. The lowest BCUT2D eigenvalue weighted by Gasteiger charge is -2.27. The minimum Gasteiger partial charge on any atom is -0.502 e. The summed E-state index contributed by atoms with van der Waals surface area (Å²) in [5.74, 6) is 0. The number of para-hydroxylation sites is 1. The van der Waals surface area contributed by atoms with Crippen molar-refractivity contribution in [3.63, 3.8) is 0 Å². The van der Waals surface area contributed by atoms with Crippen LogP contribution in [0.25, 0.3) is 0 Å². The number of aryl methyl sites for hydroxylation is 2. The summed E-state index contributed by atoms with van der Waals surface area (Å²) in [6.45, 7) is 4.23. The average Bonchev–Trinajstić information content (AvgIpc) is 2.48. The third kappa shape index (κ3) is 5.16. The van der Waals surface area contributed by atoms with Crippen molar-refractivity contribution in [3.8, 4) is 0 Å². The molecule has 0 fully saturated rings. The van der Waals surface area contributed by atoms with Gasteiger partial charge in [0.1, 0.15) is 0 Å². The molecule has 1 aromatic carbocycles. The summed E-state index contributed by atoms with van der Waals surface area (Å²) in [6.07, 6.45) is -3.74. The van der Waals surface area contributed by atoms with Crippen molar-refractivity contribution in [1.82, 2.24) is 5.32 Å². The largest absolute Gasteiger partial charge is 0.502 e. The average molecular weight is 346 g/mol. The van der Waals surface area contributed by atoms with Gasteiger partial charge < -0.3 is 20.5 Å². The second-order valence-electron chi connectivity index (χ2n) is 5.25. The second-order valence-corrected chi connectivity index (χ2v) is 5.25. The van der Waals surface area contributed by atoms with Gasteiger partial charge in [0.2, 0.25) is 0 Å². The van der Waals surface area contributed by atoms with Crippen LogP contribution < -0.4 is 10.6 Å². The number of rotatable bonds is 6. The Morgan fingerprint density at radius 3 is 2.38 bits per heavy atom. The van der Waals surface area contributed by atoms with E-state index in [0.717, 1.165) is 17.4 Å². The summed E-state index contributed by atoms with van der Waals surface area (Å²) >= 11 is 0. The third-order valence-corrected chi connectivity index (χ3v) is 3.34. The zero-order valence-electron chi connectivity index (χ0n) is 13.7. The van der Waals surface area contributed by atoms with Crippen LogP contribution in [0.4, 0.5) is 23.7 Å². The summed E-state index contributed by atoms with van der Waals surface area (Å²) in [7, 11) is 0. The zero-order chi connectivity index (χ0) is 18.4. The van der Waals surface area contributed by atoms with Crippen molar-refractivity contribution < 1.29 is 27.8 Å². The maximum Gasteiger partial charge on any atom is 0.422 e. The van der Waals surface area contributed by atoms with E-state index in [4.69, 9.17) is 0 Å². The van der Waals surface area contributed by atoms with E-state index in [0.29, 0.717) is 11.8 Å². The first-order valence-electron chi connectivity index (χ1n) is 7.30. The van der Waals surface area contributed by atoms with Crippen molar-refractivity contribution in [2.24, 2.45) is 0 Å². The Bertz CT molecular complexity index is 582. The molecule has 1 aromatic rings. The number of ether oxygens (including phenoxy) is 1. The van der Waals surface area contributed by atoms with Gasteiger partial charge in [-0.2, -0.15) is 13.2 Å².